The van der Waals surface area contributed by atoms with Crippen LogP contribution in [0.25, 0.3) is 10.8 Å². The molecule has 0 aliphatic heterocycles. The summed E-state index contributed by atoms with van der Waals surface area (Å²) in [5.41, 5.74) is 2.59. The Balaban J connectivity index is 1.62. The molecule has 3 N–H and O–H groups in total. The van der Waals surface area contributed by atoms with E-state index in [0.717, 1.165) is 4.80 Å². The van der Waals surface area contributed by atoms with Gasteiger partial charge in [0.2, 0.25) is 0 Å². The number of tetrazole rings is 1. The molecule has 0 aliphatic carbocycles. The lowest BCUT2D eigenvalue weighted by Crippen LogP contribution is -2.40. The molecule has 36 heavy (non-hydrogen) atoms. The van der Waals surface area contributed by atoms with Crippen LogP contribution >= 0.6 is 0 Å². The number of hydrazone groups is 1. The second-order valence-electron chi connectivity index (χ2n) is 7.46. The number of nitrogens with zero attached hydrogens (tertiary/aromatic N) is 7. The Morgan fingerprint density at radius 2 is 1.83 bits per heavy atom. The fourth-order valence-electron chi connectivity index (χ4n) is 3.25. The van der Waals surface area contributed by atoms with Crippen LogP contribution in [0.5, 0.6) is 0 Å². The molecule has 2 amide bonds. The minimum absolute atomic E-state index is 0.0952. The Hall–Kier alpha value is -5.34. The van der Waals surface area contributed by atoms with Gasteiger partial charge in [-0.3, -0.25) is 14.4 Å². The Kier molecular flexibility index (Phi) is 6.80. The first-order chi connectivity index (χ1) is 17.3. The summed E-state index contributed by atoms with van der Waals surface area (Å²) < 4.78 is 0. The van der Waals surface area contributed by atoms with Crippen molar-refractivity contribution in [1.29, 1.82) is 0 Å². The van der Waals surface area contributed by atoms with Crippen LogP contribution in [0, 0.1) is 10.1 Å². The average molecular weight is 490 g/mol. The molecule has 4 aromatic rings. The number of hydrogen-bond donors (Lipinski definition) is 3. The van der Waals surface area contributed by atoms with Crippen molar-refractivity contribution in [3.63, 3.8) is 0 Å². The molecule has 2 aromatic heterocycles. The van der Waals surface area contributed by atoms with Gasteiger partial charge in [0.25, 0.3) is 17.4 Å². The van der Waals surface area contributed by atoms with Crippen LogP contribution in [0.2, 0.25) is 0 Å². The maximum absolute atomic E-state index is 13.2. The van der Waals surface area contributed by atoms with Crippen LogP contribution in [-0.2, 0) is 11.3 Å². The molecule has 15 heteroatoms. The summed E-state index contributed by atoms with van der Waals surface area (Å²) in [5, 5.41) is 34.7. The van der Waals surface area contributed by atoms with E-state index in [1.807, 2.05) is 0 Å². The second kappa shape index (κ2) is 10.3. The highest BCUT2D eigenvalue weighted by Crippen LogP contribution is 2.20. The topological polar surface area (TPSA) is 203 Å². The van der Waals surface area contributed by atoms with Crippen molar-refractivity contribution in [2.45, 2.75) is 19.5 Å². The Labute approximate surface area is 201 Å². The summed E-state index contributed by atoms with van der Waals surface area (Å²) in [6, 6.07) is 13.4. The van der Waals surface area contributed by atoms with Gasteiger partial charge in [0.1, 0.15) is 12.2 Å². The van der Waals surface area contributed by atoms with Crippen molar-refractivity contribution in [3.8, 4) is 0 Å². The molecule has 1 atom stereocenters. The van der Waals surface area contributed by atoms with Gasteiger partial charge >= 0.3 is 5.95 Å². The van der Waals surface area contributed by atoms with Gasteiger partial charge < -0.3 is 15.4 Å². The van der Waals surface area contributed by atoms with E-state index in [2.05, 4.69) is 41.5 Å². The number of carbonyl (C=O) groups is 2. The van der Waals surface area contributed by atoms with Gasteiger partial charge in [-0.25, -0.2) is 10.5 Å². The smallest absolute Gasteiger partial charge is 0.390 e. The zero-order chi connectivity index (χ0) is 25.7. The number of aromatic nitrogens is 6. The monoisotopic (exact) mass is 490 g/mol. The van der Waals surface area contributed by atoms with Crippen molar-refractivity contribution in [3.05, 3.63) is 86.3 Å². The lowest BCUT2D eigenvalue weighted by molar-refractivity contribution is -0.394. The zero-order valence-electron chi connectivity index (χ0n) is 18.7. The number of aromatic amines is 1. The Bertz CT molecular complexity index is 1530. The van der Waals surface area contributed by atoms with Crippen LogP contribution in [0.15, 0.2) is 64.5 Å². The van der Waals surface area contributed by atoms with E-state index in [1.165, 1.54) is 6.92 Å². The maximum atomic E-state index is 13.2. The molecule has 182 valence electrons. The molecule has 0 saturated heterocycles. The number of hydrogen-bond acceptors (Lipinski definition) is 10. The van der Waals surface area contributed by atoms with E-state index in [9.17, 15) is 24.5 Å². The van der Waals surface area contributed by atoms with E-state index >= 15 is 0 Å². The summed E-state index contributed by atoms with van der Waals surface area (Å²) in [6.45, 7) is 1.43. The highest BCUT2D eigenvalue weighted by atomic mass is 16.6. The van der Waals surface area contributed by atoms with Crippen LogP contribution in [0.1, 0.15) is 29.0 Å². The number of benzene rings is 2. The van der Waals surface area contributed by atoms with Gasteiger partial charge in [0.15, 0.2) is 6.04 Å². The minimum Gasteiger partial charge on any atom is -0.390 e. The van der Waals surface area contributed by atoms with E-state index < -0.39 is 34.3 Å². The van der Waals surface area contributed by atoms with Gasteiger partial charge in [-0.1, -0.05) is 41.2 Å². The largest absolute Gasteiger partial charge is 0.514 e. The molecule has 0 saturated carbocycles. The van der Waals surface area contributed by atoms with Crippen molar-refractivity contribution in [1.82, 2.24) is 41.1 Å². The lowest BCUT2D eigenvalue weighted by Gasteiger charge is -2.18. The normalized spacial score (nSPS) is 12.2. The van der Waals surface area contributed by atoms with Crippen LogP contribution in [-0.4, -0.2) is 52.9 Å². The highest BCUT2D eigenvalue weighted by molar-refractivity contribution is 5.99. The SMILES string of the molecule is CC(Cn1nnc([N+](=O)[O-])n1)=NNC(=O)[C@H](NC(=O)c1ccccc1)c1n[nH]c(=O)c2ccccc12. The Morgan fingerprint density at radius 1 is 1.14 bits per heavy atom. The van der Waals surface area contributed by atoms with Crippen molar-refractivity contribution in [2.24, 2.45) is 5.10 Å². The van der Waals surface area contributed by atoms with Crippen molar-refractivity contribution >= 4 is 34.2 Å². The van der Waals surface area contributed by atoms with E-state index in [0.29, 0.717) is 10.9 Å². The number of rotatable bonds is 8. The van der Waals surface area contributed by atoms with E-state index in [1.54, 1.807) is 54.6 Å². The molecule has 2 aromatic carbocycles. The number of amides is 2. The third-order valence-corrected chi connectivity index (χ3v) is 4.91. The molecule has 0 bridgehead atoms. The average Bonchev–Trinajstić information content (AvgIpc) is 3.36. The molecular weight excluding hydrogens is 472 g/mol. The van der Waals surface area contributed by atoms with Gasteiger partial charge in [-0.15, -0.1) is 0 Å². The molecule has 0 unspecified atom stereocenters. The molecule has 0 spiro atoms. The number of H-pyrrole nitrogens is 1. The van der Waals surface area contributed by atoms with Crippen molar-refractivity contribution in [2.75, 3.05) is 0 Å². The van der Waals surface area contributed by atoms with Gasteiger partial charge in [0.05, 0.1) is 21.3 Å². The van der Waals surface area contributed by atoms with Crippen molar-refractivity contribution < 1.29 is 14.5 Å². The first-order valence-electron chi connectivity index (χ1n) is 10.4. The molecule has 15 nitrogen and oxygen atoms in total. The molecule has 4 rings (SSSR count). The van der Waals surface area contributed by atoms with Gasteiger partial charge in [-0.2, -0.15) is 10.2 Å². The fraction of sp³-hybridized carbons (Fsp3) is 0.143. The highest BCUT2D eigenvalue weighted by Gasteiger charge is 2.27. The van der Waals surface area contributed by atoms with E-state index in [-0.39, 0.29) is 23.3 Å². The molecular formula is C21H18N10O5. The predicted octanol–water partition coefficient (Wildman–Crippen LogP) is 0.481. The molecule has 0 radical (unpaired) electrons. The van der Waals surface area contributed by atoms with Crippen LogP contribution in [0.4, 0.5) is 5.95 Å². The number of nitrogens with one attached hydrogen (secondary N) is 3. The summed E-state index contributed by atoms with van der Waals surface area (Å²) in [4.78, 5) is 49.1. The Morgan fingerprint density at radius 3 is 2.53 bits per heavy atom. The second-order valence-corrected chi connectivity index (χ2v) is 7.46. The van der Waals surface area contributed by atoms with Crippen LogP contribution in [0.3, 0.4) is 0 Å². The first-order valence-corrected chi connectivity index (χ1v) is 10.4. The maximum Gasteiger partial charge on any atom is 0.514 e. The van der Waals surface area contributed by atoms with E-state index in [4.69, 9.17) is 0 Å². The predicted molar refractivity (Wildman–Crippen MR) is 125 cm³/mol. The summed E-state index contributed by atoms with van der Waals surface area (Å²) in [5.74, 6) is -1.97. The van der Waals surface area contributed by atoms with Gasteiger partial charge in [0, 0.05) is 16.2 Å². The minimum atomic E-state index is -1.33. The molecule has 0 aliphatic rings. The lowest BCUT2D eigenvalue weighted by atomic mass is 10.0. The third kappa shape index (κ3) is 5.24. The molecule has 2 heterocycles. The summed E-state index contributed by atoms with van der Waals surface area (Å²) >= 11 is 0. The number of carbonyl (C=O) groups excluding carboxylic acids is 2. The standard InChI is InChI=1S/C21H18N10O5/c1-12(11-30-28-21(27-29-30)31(35)36)23-26-20(34)17(22-18(32)13-7-3-2-4-8-13)16-14-9-5-6-10-15(14)19(33)25-24-16/h2-10,17H,11H2,1H3,(H,22,32)(H,25,33)(H,26,34)/t17-/m1/s1. The number of fused-ring (bicyclic) bond motifs is 1. The quantitative estimate of drug-likeness (QED) is 0.178. The fourth-order valence-corrected chi connectivity index (χ4v) is 3.25. The van der Waals surface area contributed by atoms with Gasteiger partial charge in [-0.05, 0) is 30.0 Å². The summed E-state index contributed by atoms with van der Waals surface area (Å²) in [6.07, 6.45) is 0. The molecule has 0 fully saturated rings. The first kappa shape index (κ1) is 23.8. The third-order valence-electron chi connectivity index (χ3n) is 4.91. The number of nitro groups is 1. The van der Waals surface area contributed by atoms with Crippen LogP contribution < -0.4 is 16.3 Å². The summed E-state index contributed by atoms with van der Waals surface area (Å²) in [7, 11) is 0. The zero-order valence-corrected chi connectivity index (χ0v) is 18.7.